The van der Waals surface area contributed by atoms with Crippen molar-refractivity contribution in [2.75, 3.05) is 23.7 Å². The SMILES string of the molecule is Nc1nc(N2CCCC2)ncc1S(=O)(=O)c1ccccc1. The molecule has 0 atom stereocenters. The molecule has 110 valence electrons. The molecule has 21 heavy (non-hydrogen) atoms. The lowest BCUT2D eigenvalue weighted by Crippen LogP contribution is -2.21. The summed E-state index contributed by atoms with van der Waals surface area (Å²) < 4.78 is 25.0. The maximum Gasteiger partial charge on any atom is 0.227 e. The van der Waals surface area contributed by atoms with Gasteiger partial charge in [0.15, 0.2) is 0 Å². The summed E-state index contributed by atoms with van der Waals surface area (Å²) in [4.78, 5) is 10.5. The van der Waals surface area contributed by atoms with Crippen LogP contribution in [0.4, 0.5) is 11.8 Å². The van der Waals surface area contributed by atoms with Crippen LogP contribution in [-0.4, -0.2) is 31.5 Å². The summed E-state index contributed by atoms with van der Waals surface area (Å²) in [6.45, 7) is 1.76. The van der Waals surface area contributed by atoms with Crippen molar-refractivity contribution in [2.24, 2.45) is 0 Å². The van der Waals surface area contributed by atoms with Gasteiger partial charge < -0.3 is 10.6 Å². The smallest absolute Gasteiger partial charge is 0.227 e. The number of sulfone groups is 1. The summed E-state index contributed by atoms with van der Waals surface area (Å²) in [5.41, 5.74) is 5.86. The summed E-state index contributed by atoms with van der Waals surface area (Å²) in [5.74, 6) is 0.493. The van der Waals surface area contributed by atoms with Crippen LogP contribution in [0.15, 0.2) is 46.3 Å². The molecule has 1 aliphatic heterocycles. The van der Waals surface area contributed by atoms with Crippen molar-refractivity contribution in [3.8, 4) is 0 Å². The number of rotatable bonds is 3. The van der Waals surface area contributed by atoms with Crippen molar-refractivity contribution in [3.63, 3.8) is 0 Å². The summed E-state index contributed by atoms with van der Waals surface area (Å²) in [7, 11) is -3.68. The third kappa shape index (κ3) is 2.56. The summed E-state index contributed by atoms with van der Waals surface area (Å²) in [6.07, 6.45) is 3.49. The lowest BCUT2D eigenvalue weighted by molar-refractivity contribution is 0.595. The first-order valence-corrected chi connectivity index (χ1v) is 8.25. The largest absolute Gasteiger partial charge is 0.382 e. The molecule has 0 radical (unpaired) electrons. The average molecular weight is 304 g/mol. The number of nitrogens with two attached hydrogens (primary N) is 1. The Morgan fingerprint density at radius 2 is 1.76 bits per heavy atom. The Morgan fingerprint density at radius 1 is 1.10 bits per heavy atom. The monoisotopic (exact) mass is 304 g/mol. The highest BCUT2D eigenvalue weighted by molar-refractivity contribution is 7.91. The fraction of sp³-hybridized carbons (Fsp3) is 0.286. The van der Waals surface area contributed by atoms with Gasteiger partial charge in [-0.25, -0.2) is 13.4 Å². The lowest BCUT2D eigenvalue weighted by atomic mass is 10.4. The highest BCUT2D eigenvalue weighted by atomic mass is 32.2. The normalized spacial score (nSPS) is 15.3. The van der Waals surface area contributed by atoms with Crippen molar-refractivity contribution in [2.45, 2.75) is 22.6 Å². The first-order valence-electron chi connectivity index (χ1n) is 6.76. The minimum atomic E-state index is -3.68. The van der Waals surface area contributed by atoms with E-state index < -0.39 is 9.84 Å². The van der Waals surface area contributed by atoms with E-state index in [-0.39, 0.29) is 15.6 Å². The predicted molar refractivity (Wildman–Crippen MR) is 79.8 cm³/mol. The van der Waals surface area contributed by atoms with Crippen LogP contribution in [0.2, 0.25) is 0 Å². The van der Waals surface area contributed by atoms with E-state index in [1.54, 1.807) is 18.2 Å². The second-order valence-corrected chi connectivity index (χ2v) is 6.85. The van der Waals surface area contributed by atoms with E-state index >= 15 is 0 Å². The molecule has 1 saturated heterocycles. The number of nitrogens with zero attached hydrogens (tertiary/aromatic N) is 3. The van der Waals surface area contributed by atoms with Gasteiger partial charge in [0.2, 0.25) is 15.8 Å². The van der Waals surface area contributed by atoms with E-state index in [1.165, 1.54) is 18.3 Å². The number of benzene rings is 1. The molecule has 1 fully saturated rings. The second kappa shape index (κ2) is 5.33. The number of anilines is 2. The van der Waals surface area contributed by atoms with E-state index in [9.17, 15) is 8.42 Å². The third-order valence-electron chi connectivity index (χ3n) is 3.50. The number of hydrogen-bond acceptors (Lipinski definition) is 6. The third-order valence-corrected chi connectivity index (χ3v) is 5.29. The van der Waals surface area contributed by atoms with Gasteiger partial charge in [-0.3, -0.25) is 0 Å². The number of nitrogen functional groups attached to an aromatic ring is 1. The Kier molecular flexibility index (Phi) is 3.50. The maximum atomic E-state index is 12.5. The van der Waals surface area contributed by atoms with Gasteiger partial charge in [0.05, 0.1) is 11.1 Å². The van der Waals surface area contributed by atoms with Crippen LogP contribution in [-0.2, 0) is 9.84 Å². The van der Waals surface area contributed by atoms with Gasteiger partial charge in [-0.2, -0.15) is 4.98 Å². The van der Waals surface area contributed by atoms with Gasteiger partial charge in [0.1, 0.15) is 10.7 Å². The van der Waals surface area contributed by atoms with E-state index in [0.717, 1.165) is 25.9 Å². The van der Waals surface area contributed by atoms with Crippen LogP contribution in [0.25, 0.3) is 0 Å². The fourth-order valence-corrected chi connectivity index (χ4v) is 3.66. The Labute approximate surface area is 123 Å². The lowest BCUT2D eigenvalue weighted by Gasteiger charge is -2.16. The van der Waals surface area contributed by atoms with Crippen molar-refractivity contribution >= 4 is 21.6 Å². The van der Waals surface area contributed by atoms with Crippen LogP contribution < -0.4 is 10.6 Å². The second-order valence-electron chi connectivity index (χ2n) is 4.93. The molecule has 0 bridgehead atoms. The Bertz CT molecular complexity index is 741. The van der Waals surface area contributed by atoms with Gasteiger partial charge in [0.25, 0.3) is 0 Å². The molecule has 2 heterocycles. The maximum absolute atomic E-state index is 12.5. The minimum Gasteiger partial charge on any atom is -0.382 e. The van der Waals surface area contributed by atoms with Crippen LogP contribution in [0, 0.1) is 0 Å². The van der Waals surface area contributed by atoms with Gasteiger partial charge >= 0.3 is 0 Å². The standard InChI is InChI=1S/C14H16N4O2S/c15-13-12(21(19,20)11-6-2-1-3-7-11)10-16-14(17-13)18-8-4-5-9-18/h1-3,6-7,10H,4-5,8-9H2,(H2,15,16,17). The van der Waals surface area contributed by atoms with Gasteiger partial charge in [-0.05, 0) is 25.0 Å². The zero-order valence-electron chi connectivity index (χ0n) is 11.4. The van der Waals surface area contributed by atoms with E-state index in [1.807, 2.05) is 4.90 Å². The van der Waals surface area contributed by atoms with E-state index in [2.05, 4.69) is 9.97 Å². The zero-order valence-corrected chi connectivity index (χ0v) is 12.3. The summed E-state index contributed by atoms with van der Waals surface area (Å²) in [6, 6.07) is 8.16. The molecule has 0 saturated carbocycles. The average Bonchev–Trinajstić information content (AvgIpc) is 3.02. The van der Waals surface area contributed by atoms with Crippen molar-refractivity contribution in [1.29, 1.82) is 0 Å². The molecule has 1 aliphatic rings. The highest BCUT2D eigenvalue weighted by Gasteiger charge is 2.23. The first kappa shape index (κ1) is 13.8. The molecule has 2 aromatic rings. The zero-order chi connectivity index (χ0) is 14.9. The minimum absolute atomic E-state index is 0.00393. The van der Waals surface area contributed by atoms with Gasteiger partial charge in [0, 0.05) is 13.1 Å². The molecule has 1 aromatic heterocycles. The van der Waals surface area contributed by atoms with Crippen LogP contribution in [0.3, 0.4) is 0 Å². The number of aromatic nitrogens is 2. The quantitative estimate of drug-likeness (QED) is 0.924. The predicted octanol–water partition coefficient (Wildman–Crippen LogP) is 1.49. The van der Waals surface area contributed by atoms with E-state index in [4.69, 9.17) is 5.73 Å². The van der Waals surface area contributed by atoms with Crippen molar-refractivity contribution in [1.82, 2.24) is 9.97 Å². The molecule has 6 nitrogen and oxygen atoms in total. The van der Waals surface area contributed by atoms with E-state index in [0.29, 0.717) is 5.95 Å². The Morgan fingerprint density at radius 3 is 2.38 bits per heavy atom. The molecule has 0 amide bonds. The van der Waals surface area contributed by atoms with Gasteiger partial charge in [-0.15, -0.1) is 0 Å². The molecule has 1 aromatic carbocycles. The van der Waals surface area contributed by atoms with Crippen molar-refractivity contribution < 1.29 is 8.42 Å². The van der Waals surface area contributed by atoms with Crippen molar-refractivity contribution in [3.05, 3.63) is 36.5 Å². The summed E-state index contributed by atoms with van der Waals surface area (Å²) >= 11 is 0. The van der Waals surface area contributed by atoms with Crippen LogP contribution in [0.1, 0.15) is 12.8 Å². The molecule has 0 unspecified atom stereocenters. The molecule has 0 aliphatic carbocycles. The Hall–Kier alpha value is -2.15. The molecule has 7 heteroatoms. The van der Waals surface area contributed by atoms with Crippen LogP contribution >= 0.6 is 0 Å². The van der Waals surface area contributed by atoms with Crippen LogP contribution in [0.5, 0.6) is 0 Å². The molecular formula is C14H16N4O2S. The topological polar surface area (TPSA) is 89.2 Å². The molecule has 0 spiro atoms. The summed E-state index contributed by atoms with van der Waals surface area (Å²) in [5, 5.41) is 0. The first-order chi connectivity index (χ1) is 10.1. The fourth-order valence-electron chi connectivity index (χ4n) is 2.38. The highest BCUT2D eigenvalue weighted by Crippen LogP contribution is 2.26. The molecular weight excluding hydrogens is 288 g/mol. The Balaban J connectivity index is 1.99. The number of hydrogen-bond donors (Lipinski definition) is 1. The molecule has 3 rings (SSSR count). The molecule has 2 N–H and O–H groups in total. The van der Waals surface area contributed by atoms with Gasteiger partial charge in [-0.1, -0.05) is 18.2 Å².